The molecular weight excluding hydrogens is 298 g/mol. The fraction of sp³-hybridized carbons (Fsp3) is 0.294. The molecule has 0 unspecified atom stereocenters. The normalized spacial score (nSPS) is 13.2. The zero-order valence-corrected chi connectivity index (χ0v) is 13.6. The van der Waals surface area contributed by atoms with Gasteiger partial charge >= 0.3 is 0 Å². The number of ketones is 1. The first-order valence-electron chi connectivity index (χ1n) is 7.09. The summed E-state index contributed by atoms with van der Waals surface area (Å²) in [5, 5.41) is 4.90. The van der Waals surface area contributed by atoms with Crippen molar-refractivity contribution < 1.29 is 14.3 Å². The Balaban J connectivity index is 1.92. The van der Waals surface area contributed by atoms with Gasteiger partial charge in [0.25, 0.3) is 5.91 Å². The second kappa shape index (κ2) is 7.22. The Kier molecular flexibility index (Phi) is 5.33. The number of amides is 1. The SMILES string of the molecule is CC(=O)c1ccc(O[C@H](C)C(=O)N[C@H](C)c2cccs2)cc1. The average molecular weight is 317 g/mol. The minimum absolute atomic E-state index is 0.00196. The Morgan fingerprint density at radius 1 is 1.14 bits per heavy atom. The molecule has 1 heterocycles. The van der Waals surface area contributed by atoms with Crippen LogP contribution < -0.4 is 10.1 Å². The molecule has 2 atom stereocenters. The van der Waals surface area contributed by atoms with Crippen molar-refractivity contribution in [1.29, 1.82) is 0 Å². The van der Waals surface area contributed by atoms with Crippen molar-refractivity contribution in [2.45, 2.75) is 32.9 Å². The number of benzene rings is 1. The molecule has 0 aliphatic heterocycles. The number of hydrogen-bond acceptors (Lipinski definition) is 4. The molecule has 0 aliphatic carbocycles. The van der Waals surface area contributed by atoms with Crippen LogP contribution in [0.1, 0.15) is 42.0 Å². The van der Waals surface area contributed by atoms with Crippen molar-refractivity contribution in [2.24, 2.45) is 0 Å². The van der Waals surface area contributed by atoms with Crippen molar-refractivity contribution in [1.82, 2.24) is 5.32 Å². The Morgan fingerprint density at radius 2 is 1.82 bits per heavy atom. The average Bonchev–Trinajstić information content (AvgIpc) is 3.02. The molecule has 1 aromatic heterocycles. The second-order valence-electron chi connectivity index (χ2n) is 5.09. The van der Waals surface area contributed by atoms with E-state index in [1.54, 1.807) is 42.5 Å². The molecule has 2 aromatic rings. The van der Waals surface area contributed by atoms with Crippen LogP contribution in [0.3, 0.4) is 0 Å². The van der Waals surface area contributed by atoms with E-state index in [0.29, 0.717) is 11.3 Å². The number of Topliss-reactive ketones (excluding diaryl/α,β-unsaturated/α-hetero) is 1. The summed E-state index contributed by atoms with van der Waals surface area (Å²) in [4.78, 5) is 24.5. The van der Waals surface area contributed by atoms with E-state index in [9.17, 15) is 9.59 Å². The van der Waals surface area contributed by atoms with Crippen molar-refractivity contribution >= 4 is 23.0 Å². The maximum Gasteiger partial charge on any atom is 0.261 e. The monoisotopic (exact) mass is 317 g/mol. The fourth-order valence-corrected chi connectivity index (χ4v) is 2.70. The van der Waals surface area contributed by atoms with Gasteiger partial charge < -0.3 is 10.1 Å². The quantitative estimate of drug-likeness (QED) is 0.828. The molecule has 0 fully saturated rings. The molecule has 4 nitrogen and oxygen atoms in total. The molecule has 2 rings (SSSR count). The van der Waals surface area contributed by atoms with Crippen LogP contribution in [-0.4, -0.2) is 17.8 Å². The van der Waals surface area contributed by atoms with Crippen molar-refractivity contribution in [3.8, 4) is 5.75 Å². The van der Waals surface area contributed by atoms with Gasteiger partial charge in [-0.15, -0.1) is 11.3 Å². The lowest BCUT2D eigenvalue weighted by Crippen LogP contribution is -2.37. The van der Waals surface area contributed by atoms with E-state index >= 15 is 0 Å². The third-order valence-corrected chi connectivity index (χ3v) is 4.33. The first-order chi connectivity index (χ1) is 10.5. The van der Waals surface area contributed by atoms with E-state index in [1.807, 2.05) is 24.4 Å². The molecule has 0 saturated heterocycles. The van der Waals surface area contributed by atoms with Crippen LogP contribution >= 0.6 is 11.3 Å². The third kappa shape index (κ3) is 4.18. The minimum Gasteiger partial charge on any atom is -0.481 e. The standard InChI is InChI=1S/C17H19NO3S/c1-11(16-5-4-10-22-16)18-17(20)13(3)21-15-8-6-14(7-9-15)12(2)19/h4-11,13H,1-3H3,(H,18,20)/t11-,13-/m1/s1. The van der Waals surface area contributed by atoms with E-state index in [2.05, 4.69) is 5.32 Å². The molecule has 0 saturated carbocycles. The lowest BCUT2D eigenvalue weighted by atomic mass is 10.1. The van der Waals surface area contributed by atoms with Crippen LogP contribution in [0.5, 0.6) is 5.75 Å². The van der Waals surface area contributed by atoms with Crippen LogP contribution in [0.2, 0.25) is 0 Å². The van der Waals surface area contributed by atoms with E-state index in [0.717, 1.165) is 4.88 Å². The summed E-state index contributed by atoms with van der Waals surface area (Å²) in [6, 6.07) is 10.7. The molecule has 116 valence electrons. The highest BCUT2D eigenvalue weighted by molar-refractivity contribution is 7.10. The highest BCUT2D eigenvalue weighted by atomic mass is 32.1. The van der Waals surface area contributed by atoms with Crippen LogP contribution in [0.4, 0.5) is 0 Å². The largest absolute Gasteiger partial charge is 0.481 e. The van der Waals surface area contributed by atoms with Gasteiger partial charge in [-0.25, -0.2) is 0 Å². The van der Waals surface area contributed by atoms with Gasteiger partial charge in [0, 0.05) is 10.4 Å². The van der Waals surface area contributed by atoms with Crippen LogP contribution in [0.15, 0.2) is 41.8 Å². The highest BCUT2D eigenvalue weighted by Crippen LogP contribution is 2.19. The number of carbonyl (C=O) groups is 2. The van der Waals surface area contributed by atoms with Gasteiger partial charge in [-0.3, -0.25) is 9.59 Å². The topological polar surface area (TPSA) is 55.4 Å². The van der Waals surface area contributed by atoms with Crippen molar-refractivity contribution in [3.63, 3.8) is 0 Å². The summed E-state index contributed by atoms with van der Waals surface area (Å²) in [6.45, 7) is 5.16. The van der Waals surface area contributed by atoms with E-state index < -0.39 is 6.10 Å². The lowest BCUT2D eigenvalue weighted by Gasteiger charge is -2.18. The lowest BCUT2D eigenvalue weighted by molar-refractivity contribution is -0.127. The van der Waals surface area contributed by atoms with Gasteiger partial charge in [0.2, 0.25) is 0 Å². The van der Waals surface area contributed by atoms with Gasteiger partial charge in [0.1, 0.15) is 5.75 Å². The van der Waals surface area contributed by atoms with Crippen molar-refractivity contribution in [2.75, 3.05) is 0 Å². The Hall–Kier alpha value is -2.14. The van der Waals surface area contributed by atoms with Crippen LogP contribution in [0.25, 0.3) is 0 Å². The first kappa shape index (κ1) is 16.2. The molecule has 0 aliphatic rings. The number of nitrogens with one attached hydrogen (secondary N) is 1. The maximum atomic E-state index is 12.1. The molecule has 5 heteroatoms. The molecule has 0 radical (unpaired) electrons. The predicted molar refractivity (Wildman–Crippen MR) is 87.4 cm³/mol. The summed E-state index contributed by atoms with van der Waals surface area (Å²) in [5.41, 5.74) is 0.621. The number of carbonyl (C=O) groups excluding carboxylic acids is 2. The summed E-state index contributed by atoms with van der Waals surface area (Å²) in [5.74, 6) is 0.398. The summed E-state index contributed by atoms with van der Waals surface area (Å²) < 4.78 is 5.61. The Bertz CT molecular complexity index is 634. The molecule has 22 heavy (non-hydrogen) atoms. The van der Waals surface area contributed by atoms with E-state index in [1.165, 1.54) is 6.92 Å². The molecule has 0 spiro atoms. The van der Waals surface area contributed by atoms with E-state index in [-0.39, 0.29) is 17.7 Å². The smallest absolute Gasteiger partial charge is 0.261 e. The van der Waals surface area contributed by atoms with E-state index in [4.69, 9.17) is 4.74 Å². The minimum atomic E-state index is -0.606. The molecule has 0 bridgehead atoms. The van der Waals surface area contributed by atoms with Gasteiger partial charge in [0.05, 0.1) is 6.04 Å². The molecular formula is C17H19NO3S. The summed E-state index contributed by atoms with van der Waals surface area (Å²) in [6.07, 6.45) is -0.606. The number of thiophene rings is 1. The van der Waals surface area contributed by atoms with Gasteiger partial charge in [-0.05, 0) is 56.5 Å². The number of ether oxygens (including phenoxy) is 1. The van der Waals surface area contributed by atoms with Gasteiger partial charge in [-0.2, -0.15) is 0 Å². The molecule has 1 N–H and O–H groups in total. The predicted octanol–water partition coefficient (Wildman–Crippen LogP) is 3.60. The Labute approximate surface area is 134 Å². The van der Waals surface area contributed by atoms with Gasteiger partial charge in [0.15, 0.2) is 11.9 Å². The zero-order valence-electron chi connectivity index (χ0n) is 12.8. The Morgan fingerprint density at radius 3 is 2.36 bits per heavy atom. The maximum absolute atomic E-state index is 12.1. The first-order valence-corrected chi connectivity index (χ1v) is 7.96. The third-order valence-electron chi connectivity index (χ3n) is 3.27. The fourth-order valence-electron chi connectivity index (χ4n) is 1.97. The van der Waals surface area contributed by atoms with Crippen LogP contribution in [-0.2, 0) is 4.79 Å². The number of rotatable bonds is 6. The molecule has 1 aromatic carbocycles. The molecule has 1 amide bonds. The summed E-state index contributed by atoms with van der Waals surface area (Å²) >= 11 is 1.61. The van der Waals surface area contributed by atoms with Crippen LogP contribution in [0, 0.1) is 0 Å². The van der Waals surface area contributed by atoms with Crippen molar-refractivity contribution in [3.05, 3.63) is 52.2 Å². The number of hydrogen-bond donors (Lipinski definition) is 1. The summed E-state index contributed by atoms with van der Waals surface area (Å²) in [7, 11) is 0. The second-order valence-corrected chi connectivity index (χ2v) is 6.07. The highest BCUT2D eigenvalue weighted by Gasteiger charge is 2.18. The van der Waals surface area contributed by atoms with Gasteiger partial charge in [-0.1, -0.05) is 6.07 Å². The zero-order chi connectivity index (χ0) is 16.1.